The van der Waals surface area contributed by atoms with Gasteiger partial charge in [0.2, 0.25) is 0 Å². The molecule has 0 bridgehead atoms. The van der Waals surface area contributed by atoms with Crippen LogP contribution in [0.25, 0.3) is 0 Å². The Bertz CT molecular complexity index is 1170. The lowest BCUT2D eigenvalue weighted by atomic mass is 10.1. The predicted octanol–water partition coefficient (Wildman–Crippen LogP) is 4.08. The normalized spacial score (nSPS) is 11.2. The fourth-order valence-corrected chi connectivity index (χ4v) is 2.77. The van der Waals surface area contributed by atoms with E-state index in [-0.39, 0.29) is 23.5 Å². The number of aromatic nitrogens is 1. The summed E-state index contributed by atoms with van der Waals surface area (Å²) in [6.07, 6.45) is -3.17. The molecule has 0 aliphatic heterocycles. The number of alkyl halides is 3. The van der Waals surface area contributed by atoms with Crippen LogP contribution in [0.5, 0.6) is 0 Å². The highest BCUT2D eigenvalue weighted by molar-refractivity contribution is 6.04. The molecule has 0 saturated heterocycles. The van der Waals surface area contributed by atoms with Crippen LogP contribution >= 0.6 is 0 Å². The smallest absolute Gasteiger partial charge is 0.322 e. The second-order valence-electron chi connectivity index (χ2n) is 6.31. The van der Waals surface area contributed by atoms with Gasteiger partial charge in [0.25, 0.3) is 17.2 Å². The Kier molecular flexibility index (Phi) is 5.67. The van der Waals surface area contributed by atoms with Crippen LogP contribution in [0.1, 0.15) is 21.5 Å². The van der Waals surface area contributed by atoms with Gasteiger partial charge in [-0.15, -0.1) is 0 Å². The van der Waals surface area contributed by atoms with Crippen molar-refractivity contribution < 1.29 is 22.9 Å². The fraction of sp³-hybridized carbons (Fsp3) is 0.100. The molecule has 0 fully saturated rings. The second kappa shape index (κ2) is 8.19. The van der Waals surface area contributed by atoms with Crippen molar-refractivity contribution in [1.82, 2.24) is 4.57 Å². The lowest BCUT2D eigenvalue weighted by Crippen LogP contribution is -2.29. The summed E-state index contributed by atoms with van der Waals surface area (Å²) in [6, 6.07) is 12.4. The van der Waals surface area contributed by atoms with E-state index in [4.69, 9.17) is 0 Å². The number of benzene rings is 2. The van der Waals surface area contributed by atoms with Crippen LogP contribution in [-0.2, 0) is 12.7 Å². The number of pyridine rings is 1. The molecule has 2 aromatic carbocycles. The molecule has 154 valence electrons. The van der Waals surface area contributed by atoms with Crippen molar-refractivity contribution in [3.05, 3.63) is 104 Å². The van der Waals surface area contributed by atoms with Crippen LogP contribution in [0.4, 0.5) is 24.5 Å². The molecule has 3 aromatic rings. The van der Waals surface area contributed by atoms with E-state index in [1.807, 2.05) is 0 Å². The van der Waals surface area contributed by atoms with Crippen LogP contribution in [0.3, 0.4) is 0 Å². The number of carbonyl (C=O) groups excluding carboxylic acids is 1. The number of nitrogens with one attached hydrogen (secondary N) is 1. The molecule has 0 saturated carbocycles. The van der Waals surface area contributed by atoms with Gasteiger partial charge in [0.1, 0.15) is 5.56 Å². The highest BCUT2D eigenvalue weighted by atomic mass is 19.4. The Morgan fingerprint density at radius 3 is 2.50 bits per heavy atom. The van der Waals surface area contributed by atoms with E-state index in [0.717, 1.165) is 18.2 Å². The lowest BCUT2D eigenvalue weighted by molar-refractivity contribution is -0.384. The van der Waals surface area contributed by atoms with Crippen LogP contribution in [0.15, 0.2) is 71.7 Å². The first-order valence-corrected chi connectivity index (χ1v) is 8.56. The van der Waals surface area contributed by atoms with E-state index in [9.17, 15) is 32.9 Å². The summed E-state index contributed by atoms with van der Waals surface area (Å²) in [6.45, 7) is -0.0226. The fourth-order valence-electron chi connectivity index (χ4n) is 2.77. The minimum atomic E-state index is -4.57. The van der Waals surface area contributed by atoms with Crippen molar-refractivity contribution in [2.24, 2.45) is 0 Å². The van der Waals surface area contributed by atoms with Gasteiger partial charge in [-0.1, -0.05) is 18.2 Å². The third kappa shape index (κ3) is 4.72. The lowest BCUT2D eigenvalue weighted by Gasteiger charge is -2.11. The summed E-state index contributed by atoms with van der Waals surface area (Å²) in [5, 5.41) is 13.2. The quantitative estimate of drug-likeness (QED) is 0.500. The highest BCUT2D eigenvalue weighted by Crippen LogP contribution is 2.30. The van der Waals surface area contributed by atoms with Crippen LogP contribution < -0.4 is 10.9 Å². The van der Waals surface area contributed by atoms with Gasteiger partial charge >= 0.3 is 6.18 Å². The van der Waals surface area contributed by atoms with Gasteiger partial charge in [0, 0.05) is 24.0 Å². The summed E-state index contributed by atoms with van der Waals surface area (Å²) >= 11 is 0. The Morgan fingerprint density at radius 1 is 1.07 bits per heavy atom. The molecule has 1 amide bonds. The molecule has 1 N–H and O–H groups in total. The summed E-state index contributed by atoms with van der Waals surface area (Å²) in [7, 11) is 0. The number of hydrogen-bond donors (Lipinski definition) is 1. The van der Waals surface area contributed by atoms with Crippen molar-refractivity contribution in [3.8, 4) is 0 Å². The standard InChI is InChI=1S/C20H14F3N3O4/c21-20(22,23)14-5-2-6-15(11-14)24-18(27)17-8-3-9-25(19(17)28)12-13-4-1-7-16(10-13)26(29)30/h1-11H,12H2,(H,24,27). The summed E-state index contributed by atoms with van der Waals surface area (Å²) < 4.78 is 39.6. The monoisotopic (exact) mass is 417 g/mol. The molecule has 0 aliphatic rings. The largest absolute Gasteiger partial charge is 0.416 e. The van der Waals surface area contributed by atoms with E-state index in [1.165, 1.54) is 47.2 Å². The first-order chi connectivity index (χ1) is 14.1. The zero-order valence-corrected chi connectivity index (χ0v) is 15.2. The van der Waals surface area contributed by atoms with Gasteiger partial charge < -0.3 is 9.88 Å². The third-order valence-corrected chi connectivity index (χ3v) is 4.19. The van der Waals surface area contributed by atoms with E-state index < -0.39 is 28.1 Å². The molecule has 3 rings (SSSR count). The molecule has 30 heavy (non-hydrogen) atoms. The number of non-ortho nitro benzene ring substituents is 1. The molecule has 0 unspecified atom stereocenters. The van der Waals surface area contributed by atoms with Crippen molar-refractivity contribution in [2.45, 2.75) is 12.7 Å². The summed E-state index contributed by atoms with van der Waals surface area (Å²) in [5.41, 5.74) is -1.67. The molecular weight excluding hydrogens is 403 g/mol. The maximum absolute atomic E-state index is 12.8. The average Bonchev–Trinajstić information content (AvgIpc) is 2.69. The molecule has 1 heterocycles. The van der Waals surface area contributed by atoms with Gasteiger partial charge in [-0.05, 0) is 35.9 Å². The van der Waals surface area contributed by atoms with E-state index >= 15 is 0 Å². The molecule has 0 aliphatic carbocycles. The number of rotatable bonds is 5. The predicted molar refractivity (Wildman–Crippen MR) is 102 cm³/mol. The number of carbonyl (C=O) groups is 1. The van der Waals surface area contributed by atoms with Crippen molar-refractivity contribution in [3.63, 3.8) is 0 Å². The molecule has 7 nitrogen and oxygen atoms in total. The highest BCUT2D eigenvalue weighted by Gasteiger charge is 2.30. The van der Waals surface area contributed by atoms with Crippen molar-refractivity contribution in [1.29, 1.82) is 0 Å². The SMILES string of the molecule is O=C(Nc1cccc(C(F)(F)F)c1)c1cccn(Cc2cccc([N+](=O)[O-])c2)c1=O. The number of halogens is 3. The Morgan fingerprint density at radius 2 is 1.80 bits per heavy atom. The van der Waals surface area contributed by atoms with Crippen molar-refractivity contribution in [2.75, 3.05) is 5.32 Å². The maximum Gasteiger partial charge on any atom is 0.416 e. The average molecular weight is 417 g/mol. The summed E-state index contributed by atoms with van der Waals surface area (Å²) in [4.78, 5) is 35.4. The second-order valence-corrected chi connectivity index (χ2v) is 6.31. The Hall–Kier alpha value is -3.95. The van der Waals surface area contributed by atoms with E-state index in [0.29, 0.717) is 5.56 Å². The van der Waals surface area contributed by atoms with Crippen LogP contribution in [-0.4, -0.2) is 15.4 Å². The summed E-state index contributed by atoms with van der Waals surface area (Å²) in [5.74, 6) is -0.868. The maximum atomic E-state index is 12.8. The molecular formula is C20H14F3N3O4. The molecule has 0 atom stereocenters. The zero-order valence-electron chi connectivity index (χ0n) is 15.2. The number of anilines is 1. The zero-order chi connectivity index (χ0) is 21.9. The van der Waals surface area contributed by atoms with Gasteiger partial charge in [-0.2, -0.15) is 13.2 Å². The van der Waals surface area contributed by atoms with Gasteiger partial charge in [0.15, 0.2) is 0 Å². The first kappa shape index (κ1) is 20.8. The number of nitro benzene ring substituents is 1. The third-order valence-electron chi connectivity index (χ3n) is 4.19. The molecule has 10 heteroatoms. The van der Waals surface area contributed by atoms with Crippen molar-refractivity contribution >= 4 is 17.3 Å². The minimum absolute atomic E-state index is 0.0226. The molecule has 1 aromatic heterocycles. The number of nitro groups is 1. The molecule has 0 radical (unpaired) electrons. The number of hydrogen-bond acceptors (Lipinski definition) is 4. The van der Waals surface area contributed by atoms with Crippen LogP contribution in [0.2, 0.25) is 0 Å². The first-order valence-electron chi connectivity index (χ1n) is 8.56. The number of amides is 1. The topological polar surface area (TPSA) is 94.2 Å². The Labute approximate surface area is 167 Å². The van der Waals surface area contributed by atoms with E-state index in [1.54, 1.807) is 6.07 Å². The molecule has 0 spiro atoms. The van der Waals surface area contributed by atoms with Gasteiger partial charge in [-0.25, -0.2) is 0 Å². The number of nitrogens with zero attached hydrogens (tertiary/aromatic N) is 2. The van der Waals surface area contributed by atoms with Gasteiger partial charge in [-0.3, -0.25) is 19.7 Å². The van der Waals surface area contributed by atoms with Crippen LogP contribution in [0, 0.1) is 10.1 Å². The van der Waals surface area contributed by atoms with Gasteiger partial charge in [0.05, 0.1) is 17.0 Å². The minimum Gasteiger partial charge on any atom is -0.322 e. The van der Waals surface area contributed by atoms with E-state index in [2.05, 4.69) is 5.32 Å². The Balaban J connectivity index is 1.84.